The van der Waals surface area contributed by atoms with Gasteiger partial charge in [-0.2, -0.15) is 0 Å². The molecule has 1 aliphatic rings. The molecule has 154 valence electrons. The van der Waals surface area contributed by atoms with E-state index < -0.39 is 10.9 Å². The second kappa shape index (κ2) is 8.22. The van der Waals surface area contributed by atoms with Gasteiger partial charge in [-0.05, 0) is 42.0 Å². The third-order valence-corrected chi connectivity index (χ3v) is 5.13. The zero-order chi connectivity index (χ0) is 22.1. The zero-order valence-corrected chi connectivity index (χ0v) is 17.0. The molecule has 3 aromatic carbocycles. The molecular weight excluding hydrogens is 445 g/mol. The highest BCUT2D eigenvalue weighted by Gasteiger charge is 2.28. The van der Waals surface area contributed by atoms with E-state index in [9.17, 15) is 19.7 Å². The van der Waals surface area contributed by atoms with Crippen molar-refractivity contribution in [2.75, 3.05) is 0 Å². The minimum absolute atomic E-state index is 0.0203. The molecule has 1 aliphatic heterocycles. The number of allylic oxidation sites excluding steroid dienone is 1. The van der Waals surface area contributed by atoms with Crippen LogP contribution in [0.15, 0.2) is 66.4 Å². The maximum atomic E-state index is 12.6. The monoisotopic (exact) mass is 455 g/mol. The largest absolute Gasteiger partial charge is 0.452 e. The molecular formula is C22H11Cl2NO6. The van der Waals surface area contributed by atoms with Crippen LogP contribution in [0.5, 0.6) is 11.5 Å². The van der Waals surface area contributed by atoms with Crippen molar-refractivity contribution in [3.8, 4) is 11.5 Å². The Hall–Kier alpha value is -3.68. The van der Waals surface area contributed by atoms with Crippen molar-refractivity contribution in [1.29, 1.82) is 0 Å². The number of fused-ring (bicyclic) bond motifs is 1. The number of non-ortho nitro benzene ring substituents is 1. The summed E-state index contributed by atoms with van der Waals surface area (Å²) in [6, 6.07) is 14.4. The van der Waals surface area contributed by atoms with E-state index in [1.165, 1.54) is 42.5 Å². The second-order valence-corrected chi connectivity index (χ2v) is 7.28. The number of ether oxygens (including phenoxy) is 2. The van der Waals surface area contributed by atoms with Crippen LogP contribution in [-0.4, -0.2) is 16.7 Å². The molecule has 0 saturated carbocycles. The van der Waals surface area contributed by atoms with E-state index in [0.717, 1.165) is 6.07 Å². The van der Waals surface area contributed by atoms with Gasteiger partial charge in [-0.15, -0.1) is 0 Å². The highest BCUT2D eigenvalue weighted by atomic mass is 35.5. The Labute approximate surface area is 185 Å². The number of Topliss-reactive ketones (excluding diaryl/α,β-unsaturated/α-hetero) is 1. The molecule has 9 heteroatoms. The Bertz CT molecular complexity index is 1280. The molecule has 1 heterocycles. The lowest BCUT2D eigenvalue weighted by atomic mass is 10.1. The van der Waals surface area contributed by atoms with E-state index in [1.807, 2.05) is 0 Å². The lowest BCUT2D eigenvalue weighted by molar-refractivity contribution is -0.384. The minimum atomic E-state index is -0.778. The molecule has 0 spiro atoms. The Morgan fingerprint density at radius 3 is 2.58 bits per heavy atom. The number of nitrogens with zero attached hydrogens (tertiary/aromatic N) is 1. The van der Waals surface area contributed by atoms with Crippen LogP contribution in [-0.2, 0) is 0 Å². The fourth-order valence-corrected chi connectivity index (χ4v) is 3.20. The molecule has 31 heavy (non-hydrogen) atoms. The number of nitro groups is 1. The minimum Gasteiger partial charge on any atom is -0.452 e. The van der Waals surface area contributed by atoms with Crippen molar-refractivity contribution in [2.24, 2.45) is 0 Å². The van der Waals surface area contributed by atoms with Crippen molar-refractivity contribution >= 4 is 46.7 Å². The number of carbonyl (C=O) groups excluding carboxylic acids is 2. The van der Waals surface area contributed by atoms with Crippen molar-refractivity contribution in [2.45, 2.75) is 0 Å². The summed E-state index contributed by atoms with van der Waals surface area (Å²) in [6.45, 7) is 0. The fourth-order valence-electron chi connectivity index (χ4n) is 2.90. The Kier molecular flexibility index (Phi) is 5.46. The van der Waals surface area contributed by atoms with Crippen LogP contribution in [0.4, 0.5) is 5.69 Å². The Morgan fingerprint density at radius 2 is 1.84 bits per heavy atom. The van der Waals surface area contributed by atoms with E-state index in [2.05, 4.69) is 0 Å². The highest BCUT2D eigenvalue weighted by Crippen LogP contribution is 2.35. The number of benzene rings is 3. The van der Waals surface area contributed by atoms with Crippen molar-refractivity contribution < 1.29 is 24.0 Å². The topological polar surface area (TPSA) is 95.7 Å². The summed E-state index contributed by atoms with van der Waals surface area (Å²) in [6.07, 6.45) is 1.53. The smallest absolute Gasteiger partial charge is 0.343 e. The van der Waals surface area contributed by atoms with Gasteiger partial charge in [0, 0.05) is 18.2 Å². The summed E-state index contributed by atoms with van der Waals surface area (Å²) in [7, 11) is 0. The summed E-state index contributed by atoms with van der Waals surface area (Å²) >= 11 is 11.9. The first-order valence-electron chi connectivity index (χ1n) is 8.82. The van der Waals surface area contributed by atoms with Crippen LogP contribution >= 0.6 is 23.2 Å². The standard InChI is InChI=1S/C22H11Cl2NO6/c23-17-7-4-12(8-18(17)24)9-20-21(26)16-6-5-15(11-19(16)31-20)30-22(27)13-2-1-3-14(10-13)25(28)29/h1-11H. The van der Waals surface area contributed by atoms with Gasteiger partial charge in [-0.1, -0.05) is 35.3 Å². The number of rotatable bonds is 4. The first-order valence-corrected chi connectivity index (χ1v) is 9.57. The zero-order valence-electron chi connectivity index (χ0n) is 15.5. The van der Waals surface area contributed by atoms with Gasteiger partial charge < -0.3 is 9.47 Å². The molecule has 0 aromatic heterocycles. The molecule has 4 rings (SSSR count). The van der Waals surface area contributed by atoms with Crippen LogP contribution in [0.1, 0.15) is 26.3 Å². The first-order chi connectivity index (χ1) is 14.8. The SMILES string of the molecule is O=C(Oc1ccc2c(c1)OC(=Cc1ccc(Cl)c(Cl)c1)C2=O)c1cccc([N+](=O)[O-])c1. The summed E-state index contributed by atoms with van der Waals surface area (Å²) < 4.78 is 10.9. The van der Waals surface area contributed by atoms with Gasteiger partial charge in [-0.3, -0.25) is 14.9 Å². The molecule has 0 unspecified atom stereocenters. The van der Waals surface area contributed by atoms with Crippen LogP contribution in [0.3, 0.4) is 0 Å². The molecule has 0 atom stereocenters. The fraction of sp³-hybridized carbons (Fsp3) is 0. The predicted octanol–water partition coefficient (Wildman–Crippen LogP) is 5.74. The van der Waals surface area contributed by atoms with Crippen LogP contribution in [0.25, 0.3) is 6.08 Å². The average Bonchev–Trinajstić information content (AvgIpc) is 3.05. The molecule has 0 bridgehead atoms. The van der Waals surface area contributed by atoms with E-state index in [-0.39, 0.29) is 34.3 Å². The third kappa shape index (κ3) is 4.28. The summed E-state index contributed by atoms with van der Waals surface area (Å²) in [4.78, 5) is 35.2. The van der Waals surface area contributed by atoms with Gasteiger partial charge >= 0.3 is 5.97 Å². The van der Waals surface area contributed by atoms with E-state index >= 15 is 0 Å². The van der Waals surface area contributed by atoms with Gasteiger partial charge in [0.1, 0.15) is 11.5 Å². The van der Waals surface area contributed by atoms with Gasteiger partial charge in [0.15, 0.2) is 5.76 Å². The quantitative estimate of drug-likeness (QED) is 0.163. The van der Waals surface area contributed by atoms with E-state index in [1.54, 1.807) is 18.2 Å². The maximum absolute atomic E-state index is 12.6. The molecule has 0 aliphatic carbocycles. The van der Waals surface area contributed by atoms with Crippen LogP contribution in [0, 0.1) is 10.1 Å². The molecule has 3 aromatic rings. The number of carbonyl (C=O) groups is 2. The number of hydrogen-bond donors (Lipinski definition) is 0. The van der Waals surface area contributed by atoms with E-state index in [0.29, 0.717) is 21.2 Å². The first kappa shape index (κ1) is 20.6. The molecule has 0 radical (unpaired) electrons. The number of ketones is 1. The van der Waals surface area contributed by atoms with Crippen molar-refractivity contribution in [1.82, 2.24) is 0 Å². The lowest BCUT2D eigenvalue weighted by Gasteiger charge is -2.05. The average molecular weight is 456 g/mol. The predicted molar refractivity (Wildman–Crippen MR) is 114 cm³/mol. The second-order valence-electron chi connectivity index (χ2n) is 6.47. The molecule has 0 N–H and O–H groups in total. The normalized spacial score (nSPS) is 13.6. The van der Waals surface area contributed by atoms with Crippen LogP contribution in [0.2, 0.25) is 10.0 Å². The Morgan fingerprint density at radius 1 is 1.03 bits per heavy atom. The van der Waals surface area contributed by atoms with Gasteiger partial charge in [0.25, 0.3) is 5.69 Å². The maximum Gasteiger partial charge on any atom is 0.343 e. The summed E-state index contributed by atoms with van der Waals surface area (Å²) in [5, 5.41) is 11.6. The van der Waals surface area contributed by atoms with Crippen molar-refractivity contribution in [3.05, 3.63) is 103 Å². The summed E-state index contributed by atoms with van der Waals surface area (Å²) in [5.41, 5.74) is 0.727. The number of nitro benzene ring substituents is 1. The molecule has 0 amide bonds. The number of esters is 1. The number of hydrogen-bond acceptors (Lipinski definition) is 6. The van der Waals surface area contributed by atoms with Gasteiger partial charge in [-0.25, -0.2) is 4.79 Å². The molecule has 7 nitrogen and oxygen atoms in total. The Balaban J connectivity index is 1.55. The van der Waals surface area contributed by atoms with Gasteiger partial charge in [0.05, 0.1) is 26.1 Å². The van der Waals surface area contributed by atoms with Gasteiger partial charge in [0.2, 0.25) is 5.78 Å². The lowest BCUT2D eigenvalue weighted by Crippen LogP contribution is -2.08. The van der Waals surface area contributed by atoms with Crippen molar-refractivity contribution in [3.63, 3.8) is 0 Å². The number of halogens is 2. The van der Waals surface area contributed by atoms with Crippen LogP contribution < -0.4 is 9.47 Å². The third-order valence-electron chi connectivity index (χ3n) is 4.39. The van der Waals surface area contributed by atoms with E-state index in [4.69, 9.17) is 32.7 Å². The molecule has 0 saturated heterocycles. The summed E-state index contributed by atoms with van der Waals surface area (Å²) in [5.74, 6) is -0.688. The molecule has 0 fully saturated rings. The highest BCUT2D eigenvalue weighted by molar-refractivity contribution is 6.42.